The van der Waals surface area contributed by atoms with Crippen molar-refractivity contribution in [2.24, 2.45) is 5.92 Å². The van der Waals surface area contributed by atoms with Crippen LogP contribution in [0.2, 0.25) is 0 Å². The van der Waals surface area contributed by atoms with Crippen molar-refractivity contribution in [1.29, 1.82) is 0 Å². The van der Waals surface area contributed by atoms with Gasteiger partial charge in [0.2, 0.25) is 0 Å². The minimum atomic E-state index is 0.205. The molecular formula is C28H32N2OS. The number of benzene rings is 2. The third-order valence-corrected chi connectivity index (χ3v) is 7.77. The van der Waals surface area contributed by atoms with Gasteiger partial charge in [0.05, 0.1) is 0 Å². The maximum absolute atomic E-state index is 13.5. The average molecular weight is 445 g/mol. The number of carbonyl (C=O) groups is 1. The smallest absolute Gasteiger partial charge is 0.254 e. The summed E-state index contributed by atoms with van der Waals surface area (Å²) in [5.74, 6) is 1.11. The summed E-state index contributed by atoms with van der Waals surface area (Å²) in [4.78, 5) is 18.3. The number of rotatable bonds is 7. The highest BCUT2D eigenvalue weighted by Gasteiger charge is 2.40. The second-order valence-corrected chi connectivity index (χ2v) is 10.4. The lowest BCUT2D eigenvalue weighted by atomic mass is 9.86. The van der Waals surface area contributed by atoms with E-state index in [9.17, 15) is 4.79 Å². The van der Waals surface area contributed by atoms with Crippen LogP contribution in [0.25, 0.3) is 0 Å². The molecule has 1 aliphatic heterocycles. The summed E-state index contributed by atoms with van der Waals surface area (Å²) in [5.41, 5.74) is 6.19. The summed E-state index contributed by atoms with van der Waals surface area (Å²) in [5, 5.41) is 4.42. The van der Waals surface area contributed by atoms with Gasteiger partial charge in [-0.05, 0) is 78.3 Å². The zero-order valence-corrected chi connectivity index (χ0v) is 19.9. The molecule has 2 fully saturated rings. The molecule has 1 amide bonds. The molecule has 0 N–H and O–H groups in total. The van der Waals surface area contributed by atoms with Gasteiger partial charge in [-0.3, -0.25) is 9.69 Å². The average Bonchev–Trinajstić information content (AvgIpc) is 3.36. The highest BCUT2D eigenvalue weighted by molar-refractivity contribution is 7.07. The Morgan fingerprint density at radius 3 is 2.62 bits per heavy atom. The lowest BCUT2D eigenvalue weighted by Crippen LogP contribution is -2.39. The normalized spacial score (nSPS) is 21.1. The molecule has 166 valence electrons. The van der Waals surface area contributed by atoms with E-state index in [0.717, 1.165) is 50.1 Å². The first-order chi connectivity index (χ1) is 15.6. The first-order valence-electron chi connectivity index (χ1n) is 11.7. The molecule has 0 radical (unpaired) electrons. The van der Waals surface area contributed by atoms with Crippen LogP contribution < -0.4 is 0 Å². The van der Waals surface area contributed by atoms with Crippen LogP contribution in [-0.4, -0.2) is 41.4 Å². The summed E-state index contributed by atoms with van der Waals surface area (Å²) in [7, 11) is 0. The third kappa shape index (κ3) is 4.67. The number of hydrogen-bond donors (Lipinski definition) is 0. The summed E-state index contributed by atoms with van der Waals surface area (Å²) >= 11 is 1.77. The first-order valence-corrected chi connectivity index (χ1v) is 12.7. The zero-order valence-electron chi connectivity index (χ0n) is 19.0. The van der Waals surface area contributed by atoms with Crippen molar-refractivity contribution >= 4 is 17.2 Å². The molecule has 3 aromatic rings. The van der Waals surface area contributed by atoms with Crippen LogP contribution in [-0.2, 0) is 6.54 Å². The van der Waals surface area contributed by atoms with E-state index < -0.39 is 0 Å². The van der Waals surface area contributed by atoms with Gasteiger partial charge >= 0.3 is 0 Å². The molecule has 2 aliphatic rings. The maximum atomic E-state index is 13.5. The molecule has 1 aliphatic carbocycles. The Hall–Kier alpha value is -2.43. The molecule has 2 heterocycles. The SMILES string of the molecule is Cc1cccc(C(=O)N(CC2CN(Cc3ccsc3)CC2c2ccccc2C)C2CC2)c1. The fourth-order valence-corrected chi connectivity index (χ4v) is 5.91. The van der Waals surface area contributed by atoms with Crippen LogP contribution in [0, 0.1) is 19.8 Å². The fraction of sp³-hybridized carbons (Fsp3) is 0.393. The molecule has 2 aromatic carbocycles. The van der Waals surface area contributed by atoms with E-state index in [0.29, 0.717) is 17.9 Å². The van der Waals surface area contributed by atoms with Crippen LogP contribution in [0.5, 0.6) is 0 Å². The van der Waals surface area contributed by atoms with Gasteiger partial charge in [-0.2, -0.15) is 11.3 Å². The van der Waals surface area contributed by atoms with Crippen molar-refractivity contribution in [2.75, 3.05) is 19.6 Å². The van der Waals surface area contributed by atoms with Crippen LogP contribution in [0.15, 0.2) is 65.4 Å². The van der Waals surface area contributed by atoms with Crippen molar-refractivity contribution in [1.82, 2.24) is 9.80 Å². The number of amides is 1. The molecule has 1 aromatic heterocycles. The minimum Gasteiger partial charge on any atom is -0.335 e. The van der Waals surface area contributed by atoms with Gasteiger partial charge in [-0.1, -0.05) is 42.0 Å². The van der Waals surface area contributed by atoms with Gasteiger partial charge in [0.15, 0.2) is 0 Å². The Labute approximate surface area is 195 Å². The lowest BCUT2D eigenvalue weighted by Gasteiger charge is -2.29. The van der Waals surface area contributed by atoms with Gasteiger partial charge < -0.3 is 4.90 Å². The van der Waals surface area contributed by atoms with Gasteiger partial charge in [-0.15, -0.1) is 0 Å². The van der Waals surface area contributed by atoms with Crippen molar-refractivity contribution in [3.05, 3.63) is 93.2 Å². The summed E-state index contributed by atoms with van der Waals surface area (Å²) in [6.07, 6.45) is 2.27. The minimum absolute atomic E-state index is 0.205. The number of aryl methyl sites for hydroxylation is 2. The van der Waals surface area contributed by atoms with E-state index in [1.54, 1.807) is 11.3 Å². The summed E-state index contributed by atoms with van der Waals surface area (Å²) in [6.45, 7) is 8.23. The summed E-state index contributed by atoms with van der Waals surface area (Å²) < 4.78 is 0. The van der Waals surface area contributed by atoms with Gasteiger partial charge in [0.25, 0.3) is 5.91 Å². The molecule has 0 bridgehead atoms. The Morgan fingerprint density at radius 2 is 1.91 bits per heavy atom. The third-order valence-electron chi connectivity index (χ3n) is 7.04. The predicted molar refractivity (Wildman–Crippen MR) is 132 cm³/mol. The fourth-order valence-electron chi connectivity index (χ4n) is 5.25. The highest BCUT2D eigenvalue weighted by atomic mass is 32.1. The standard InChI is InChI=1S/C28H32N2OS/c1-20-6-5-8-23(14-20)28(31)30(25-10-11-25)17-24-16-29(15-22-12-13-32-19-22)18-27(24)26-9-4-3-7-21(26)2/h3-9,12-14,19,24-25,27H,10-11,15-18H2,1-2H3. The molecular weight excluding hydrogens is 412 g/mol. The van der Waals surface area contributed by atoms with E-state index in [-0.39, 0.29) is 5.91 Å². The number of nitrogens with zero attached hydrogens (tertiary/aromatic N) is 2. The Bertz CT molecular complexity index is 1070. The first kappa shape index (κ1) is 21.4. The van der Waals surface area contributed by atoms with Crippen LogP contribution >= 0.6 is 11.3 Å². The van der Waals surface area contributed by atoms with Crippen LogP contribution in [0.1, 0.15) is 51.4 Å². The monoisotopic (exact) mass is 444 g/mol. The molecule has 2 atom stereocenters. The molecule has 32 heavy (non-hydrogen) atoms. The molecule has 3 nitrogen and oxygen atoms in total. The number of thiophene rings is 1. The van der Waals surface area contributed by atoms with Crippen molar-refractivity contribution in [3.8, 4) is 0 Å². The predicted octanol–water partition coefficient (Wildman–Crippen LogP) is 5.89. The topological polar surface area (TPSA) is 23.6 Å². The van der Waals surface area contributed by atoms with Crippen molar-refractivity contribution in [3.63, 3.8) is 0 Å². The van der Waals surface area contributed by atoms with Gasteiger partial charge in [0, 0.05) is 43.7 Å². The second kappa shape index (κ2) is 9.21. The lowest BCUT2D eigenvalue weighted by molar-refractivity contribution is 0.0710. The molecule has 5 rings (SSSR count). The number of likely N-dealkylation sites (tertiary alicyclic amines) is 1. The van der Waals surface area contributed by atoms with Crippen LogP contribution in [0.4, 0.5) is 0 Å². The molecule has 4 heteroatoms. The van der Waals surface area contributed by atoms with Crippen molar-refractivity contribution < 1.29 is 4.79 Å². The van der Waals surface area contributed by atoms with E-state index in [4.69, 9.17) is 0 Å². The van der Waals surface area contributed by atoms with E-state index in [2.05, 4.69) is 70.8 Å². The van der Waals surface area contributed by atoms with Gasteiger partial charge in [-0.25, -0.2) is 0 Å². The van der Waals surface area contributed by atoms with Crippen LogP contribution in [0.3, 0.4) is 0 Å². The van der Waals surface area contributed by atoms with E-state index in [1.807, 2.05) is 18.2 Å². The molecule has 0 spiro atoms. The largest absolute Gasteiger partial charge is 0.335 e. The molecule has 2 unspecified atom stereocenters. The Balaban J connectivity index is 1.40. The van der Waals surface area contributed by atoms with E-state index >= 15 is 0 Å². The maximum Gasteiger partial charge on any atom is 0.254 e. The Morgan fingerprint density at radius 1 is 1.06 bits per heavy atom. The molecule has 1 saturated carbocycles. The number of hydrogen-bond acceptors (Lipinski definition) is 3. The molecule has 1 saturated heterocycles. The Kier molecular flexibility index (Phi) is 6.16. The second-order valence-electron chi connectivity index (χ2n) is 9.61. The zero-order chi connectivity index (χ0) is 22.1. The summed E-state index contributed by atoms with van der Waals surface area (Å²) in [6, 6.07) is 19.5. The van der Waals surface area contributed by atoms with Gasteiger partial charge in [0.1, 0.15) is 0 Å². The number of carbonyl (C=O) groups excluding carboxylic acids is 1. The highest BCUT2D eigenvalue weighted by Crippen LogP contribution is 2.38. The quantitative estimate of drug-likeness (QED) is 0.454. The van der Waals surface area contributed by atoms with Crippen molar-refractivity contribution in [2.45, 2.75) is 45.2 Å². The van der Waals surface area contributed by atoms with E-state index in [1.165, 1.54) is 16.7 Å².